The third kappa shape index (κ3) is 2.21. The number of hydrogen-bond acceptors (Lipinski definition) is 1. The summed E-state index contributed by atoms with van der Waals surface area (Å²) in [4.78, 5) is 0. The van der Waals surface area contributed by atoms with Gasteiger partial charge in [0.2, 0.25) is 0 Å². The lowest BCUT2D eigenvalue weighted by molar-refractivity contribution is 0.209. The highest BCUT2D eigenvalue weighted by Crippen LogP contribution is 2.24. The molecular weight excluding hydrogens is 148 g/mol. The van der Waals surface area contributed by atoms with Crippen molar-refractivity contribution in [3.8, 4) is 0 Å². The van der Waals surface area contributed by atoms with E-state index in [0.29, 0.717) is 11.8 Å². The van der Waals surface area contributed by atoms with Gasteiger partial charge in [0.05, 0.1) is 0 Å². The maximum atomic E-state index is 8.98. The summed E-state index contributed by atoms with van der Waals surface area (Å²) in [6, 6.07) is 0. The molecule has 1 N–H and O–H groups in total. The largest absolute Gasteiger partial charge is 0.396 e. The normalized spacial score (nSPS) is 21.8. The van der Waals surface area contributed by atoms with Crippen molar-refractivity contribution in [1.82, 2.24) is 0 Å². The van der Waals surface area contributed by atoms with Crippen LogP contribution >= 0.6 is 0 Å². The van der Waals surface area contributed by atoms with Gasteiger partial charge in [0.15, 0.2) is 0 Å². The van der Waals surface area contributed by atoms with Crippen molar-refractivity contribution >= 4 is 0 Å². The highest BCUT2D eigenvalue weighted by Gasteiger charge is 2.14. The Morgan fingerprint density at radius 2 is 2.17 bits per heavy atom. The van der Waals surface area contributed by atoms with Gasteiger partial charge in [-0.25, -0.2) is 0 Å². The second kappa shape index (κ2) is 4.46. The van der Waals surface area contributed by atoms with Gasteiger partial charge >= 0.3 is 0 Å². The predicted octanol–water partition coefficient (Wildman–Crippen LogP) is 2.53. The van der Waals surface area contributed by atoms with Gasteiger partial charge in [-0.3, -0.25) is 0 Å². The first-order valence-electron chi connectivity index (χ1n) is 4.73. The van der Waals surface area contributed by atoms with Crippen LogP contribution in [0.4, 0.5) is 0 Å². The summed E-state index contributed by atoms with van der Waals surface area (Å²) >= 11 is 0. The number of rotatable bonds is 3. The third-order valence-corrected chi connectivity index (χ3v) is 2.69. The molecule has 0 fully saturated rings. The molecule has 0 aromatic carbocycles. The zero-order valence-corrected chi connectivity index (χ0v) is 7.96. The van der Waals surface area contributed by atoms with E-state index >= 15 is 0 Å². The van der Waals surface area contributed by atoms with Crippen LogP contribution < -0.4 is 0 Å². The van der Waals surface area contributed by atoms with E-state index in [1.165, 1.54) is 12.0 Å². The SMILES string of the molecule is CC(CO)C(C)C1=CCCC=C1. The molecule has 1 aliphatic rings. The monoisotopic (exact) mass is 166 g/mol. The molecule has 0 spiro atoms. The summed E-state index contributed by atoms with van der Waals surface area (Å²) in [6.45, 7) is 4.56. The summed E-state index contributed by atoms with van der Waals surface area (Å²) in [5, 5.41) is 8.98. The maximum Gasteiger partial charge on any atom is 0.0462 e. The van der Waals surface area contributed by atoms with Crippen LogP contribution in [0.5, 0.6) is 0 Å². The summed E-state index contributed by atoms with van der Waals surface area (Å²) in [6.07, 6.45) is 9.03. The number of hydrogen-bond donors (Lipinski definition) is 1. The fraction of sp³-hybridized carbons (Fsp3) is 0.636. The van der Waals surface area contributed by atoms with Crippen LogP contribution in [-0.2, 0) is 0 Å². The van der Waals surface area contributed by atoms with Gasteiger partial charge in [0.1, 0.15) is 0 Å². The first-order chi connectivity index (χ1) is 5.75. The van der Waals surface area contributed by atoms with Gasteiger partial charge in [0.25, 0.3) is 0 Å². The van der Waals surface area contributed by atoms with E-state index in [1.807, 2.05) is 0 Å². The van der Waals surface area contributed by atoms with Crippen molar-refractivity contribution in [2.24, 2.45) is 11.8 Å². The summed E-state index contributed by atoms with van der Waals surface area (Å²) < 4.78 is 0. The van der Waals surface area contributed by atoms with Gasteiger partial charge in [-0.1, -0.05) is 32.1 Å². The molecule has 0 radical (unpaired) electrons. The van der Waals surface area contributed by atoms with Crippen molar-refractivity contribution < 1.29 is 5.11 Å². The Labute approximate surface area is 74.8 Å². The summed E-state index contributed by atoms with van der Waals surface area (Å²) in [7, 11) is 0. The van der Waals surface area contributed by atoms with Crippen LogP contribution in [0.2, 0.25) is 0 Å². The molecule has 0 saturated carbocycles. The molecule has 1 heteroatoms. The lowest BCUT2D eigenvalue weighted by atomic mass is 9.86. The predicted molar refractivity (Wildman–Crippen MR) is 51.9 cm³/mol. The molecule has 1 aliphatic carbocycles. The topological polar surface area (TPSA) is 20.2 Å². The number of aliphatic hydroxyl groups is 1. The summed E-state index contributed by atoms with van der Waals surface area (Å²) in [5.74, 6) is 0.866. The average Bonchev–Trinajstić information content (AvgIpc) is 2.17. The highest BCUT2D eigenvalue weighted by atomic mass is 16.3. The molecule has 68 valence electrons. The minimum absolute atomic E-state index is 0.284. The first kappa shape index (κ1) is 9.53. The Morgan fingerprint density at radius 3 is 2.67 bits per heavy atom. The molecule has 2 unspecified atom stereocenters. The fourth-order valence-corrected chi connectivity index (χ4v) is 1.46. The van der Waals surface area contributed by atoms with Crippen molar-refractivity contribution in [3.63, 3.8) is 0 Å². The first-order valence-corrected chi connectivity index (χ1v) is 4.73. The quantitative estimate of drug-likeness (QED) is 0.683. The lowest BCUT2D eigenvalue weighted by Crippen LogP contribution is -2.14. The minimum Gasteiger partial charge on any atom is -0.396 e. The van der Waals surface area contributed by atoms with E-state index < -0.39 is 0 Å². The van der Waals surface area contributed by atoms with Crippen molar-refractivity contribution in [3.05, 3.63) is 23.8 Å². The zero-order chi connectivity index (χ0) is 8.97. The Morgan fingerprint density at radius 1 is 1.42 bits per heavy atom. The molecule has 2 atom stereocenters. The average molecular weight is 166 g/mol. The van der Waals surface area contributed by atoms with E-state index in [1.54, 1.807) is 0 Å². The number of aliphatic hydroxyl groups excluding tert-OH is 1. The lowest BCUT2D eigenvalue weighted by Gasteiger charge is -2.20. The molecule has 0 aromatic heterocycles. The Bertz CT molecular complexity index is 191. The molecule has 0 aliphatic heterocycles. The highest BCUT2D eigenvalue weighted by molar-refractivity contribution is 5.24. The fourth-order valence-electron chi connectivity index (χ4n) is 1.46. The van der Waals surface area contributed by atoms with Crippen molar-refractivity contribution in [2.45, 2.75) is 26.7 Å². The maximum absolute atomic E-state index is 8.98. The van der Waals surface area contributed by atoms with Crippen LogP contribution in [0.3, 0.4) is 0 Å². The van der Waals surface area contributed by atoms with Crippen LogP contribution in [0, 0.1) is 11.8 Å². The molecule has 1 rings (SSSR count). The van der Waals surface area contributed by atoms with Crippen LogP contribution in [0.15, 0.2) is 23.8 Å². The van der Waals surface area contributed by atoms with E-state index in [4.69, 9.17) is 5.11 Å². The minimum atomic E-state index is 0.284. The van der Waals surface area contributed by atoms with Gasteiger partial charge in [-0.15, -0.1) is 0 Å². The van der Waals surface area contributed by atoms with Crippen LogP contribution in [-0.4, -0.2) is 11.7 Å². The van der Waals surface area contributed by atoms with Crippen molar-refractivity contribution in [1.29, 1.82) is 0 Å². The molecule has 0 amide bonds. The van der Waals surface area contributed by atoms with E-state index in [9.17, 15) is 0 Å². The van der Waals surface area contributed by atoms with Gasteiger partial charge < -0.3 is 5.11 Å². The van der Waals surface area contributed by atoms with Crippen LogP contribution in [0.1, 0.15) is 26.7 Å². The van der Waals surface area contributed by atoms with E-state index in [0.717, 1.165) is 6.42 Å². The van der Waals surface area contributed by atoms with Crippen LogP contribution in [0.25, 0.3) is 0 Å². The Kier molecular flexibility index (Phi) is 3.54. The molecule has 0 heterocycles. The van der Waals surface area contributed by atoms with E-state index in [-0.39, 0.29) is 6.61 Å². The van der Waals surface area contributed by atoms with E-state index in [2.05, 4.69) is 32.1 Å². The second-order valence-electron chi connectivity index (χ2n) is 3.63. The second-order valence-corrected chi connectivity index (χ2v) is 3.63. The Hall–Kier alpha value is -0.560. The van der Waals surface area contributed by atoms with Crippen molar-refractivity contribution in [2.75, 3.05) is 6.61 Å². The molecular formula is C11H18O. The van der Waals surface area contributed by atoms with Gasteiger partial charge in [-0.05, 0) is 30.3 Å². The van der Waals surface area contributed by atoms with Gasteiger partial charge in [0, 0.05) is 6.61 Å². The summed E-state index contributed by atoms with van der Waals surface area (Å²) in [5.41, 5.74) is 1.39. The smallest absolute Gasteiger partial charge is 0.0462 e. The molecule has 1 nitrogen and oxygen atoms in total. The van der Waals surface area contributed by atoms with Gasteiger partial charge in [-0.2, -0.15) is 0 Å². The molecule has 0 bridgehead atoms. The molecule has 12 heavy (non-hydrogen) atoms. The Balaban J connectivity index is 2.56. The molecule has 0 saturated heterocycles. The standard InChI is InChI=1S/C11H18O/c1-9(8-12)10(2)11-6-4-3-5-7-11/h4,6-7,9-10,12H,3,5,8H2,1-2H3. The molecule has 0 aromatic rings. The third-order valence-electron chi connectivity index (χ3n) is 2.69. The number of allylic oxidation sites excluding steroid dienone is 4. The zero-order valence-electron chi connectivity index (χ0n) is 7.96.